The van der Waals surface area contributed by atoms with Crippen LogP contribution in [0.1, 0.15) is 59.3 Å². The molecule has 0 aromatic heterocycles. The quantitative estimate of drug-likeness (QED) is 0.165. The number of carbonyl (C=O) groups excluding carboxylic acids is 1. The predicted molar refractivity (Wildman–Crippen MR) is 105 cm³/mol. The fourth-order valence-electron chi connectivity index (χ4n) is 1.49. The molecule has 0 fully saturated rings. The maximum atomic E-state index is 10.4. The van der Waals surface area contributed by atoms with Gasteiger partial charge in [-0.3, -0.25) is 0 Å². The summed E-state index contributed by atoms with van der Waals surface area (Å²) in [5, 5.41) is 0. The number of carbonyl (C=O) groups is 1. The zero-order chi connectivity index (χ0) is 18.0. The van der Waals surface area contributed by atoms with Crippen LogP contribution in [0.3, 0.4) is 0 Å². The molecule has 0 aromatic carbocycles. The van der Waals surface area contributed by atoms with E-state index < -0.39 is 0 Å². The largest absolute Gasteiger partial charge is 0.463 e. The fraction of sp³-hybridized carbons (Fsp3) is 0.824. The second kappa shape index (κ2) is 17.9. The van der Waals surface area contributed by atoms with Crippen LogP contribution in [0.15, 0.2) is 12.7 Å². The molecule has 23 heavy (non-hydrogen) atoms. The molecule has 0 aromatic rings. The van der Waals surface area contributed by atoms with Crippen molar-refractivity contribution < 1.29 is 19.0 Å². The van der Waals surface area contributed by atoms with Gasteiger partial charge < -0.3 is 14.2 Å². The van der Waals surface area contributed by atoms with Crippen LogP contribution in [0.25, 0.3) is 0 Å². The van der Waals surface area contributed by atoms with Gasteiger partial charge in [0, 0.05) is 29.5 Å². The van der Waals surface area contributed by atoms with Crippen LogP contribution >= 0.6 is 0 Å². The van der Waals surface area contributed by atoms with Gasteiger partial charge in [0.05, 0.1) is 16.8 Å². The van der Waals surface area contributed by atoms with Crippen molar-refractivity contribution in [3.8, 4) is 0 Å². The first-order valence-corrected chi connectivity index (χ1v) is 11.5. The number of hydrogen-bond donors (Lipinski definition) is 0. The lowest BCUT2D eigenvalue weighted by Gasteiger charge is -2.29. The average Bonchev–Trinajstić information content (AvgIpc) is 2.56. The summed E-state index contributed by atoms with van der Waals surface area (Å²) >= 11 is 0. The van der Waals surface area contributed by atoms with Crippen molar-refractivity contribution in [2.75, 3.05) is 19.8 Å². The molecule has 0 saturated carbocycles. The van der Waals surface area contributed by atoms with Crippen molar-refractivity contribution in [1.82, 2.24) is 0 Å². The Kier molecular flexibility index (Phi) is 19.3. The van der Waals surface area contributed by atoms with Crippen molar-refractivity contribution in [1.29, 1.82) is 0 Å². The summed E-state index contributed by atoms with van der Waals surface area (Å²) in [6.07, 6.45) is 7.82. The molecule has 0 atom stereocenters. The highest BCUT2D eigenvalue weighted by molar-refractivity contribution is 6.13. The lowest BCUT2D eigenvalue weighted by molar-refractivity contribution is -0.180. The van der Waals surface area contributed by atoms with Gasteiger partial charge in [-0.25, -0.2) is 4.79 Å². The molecular weight excluding hydrogens is 324 g/mol. The van der Waals surface area contributed by atoms with E-state index in [4.69, 9.17) is 14.2 Å². The third-order valence-corrected chi connectivity index (χ3v) is 5.35. The zero-order valence-electron chi connectivity index (χ0n) is 16.0. The van der Waals surface area contributed by atoms with Gasteiger partial charge in [-0.2, -0.15) is 0 Å². The Balaban J connectivity index is 0. The van der Waals surface area contributed by atoms with Gasteiger partial charge in [0.2, 0.25) is 0 Å². The molecule has 0 radical (unpaired) electrons. The smallest absolute Gasteiger partial charge is 0.330 e. The second-order valence-electron chi connectivity index (χ2n) is 5.62. The SMILES string of the molecule is C=CC(=O)OCCC[SiH3].CCCCOC([SiH3])(CC)OCCCC. The maximum absolute atomic E-state index is 10.4. The second-order valence-corrected chi connectivity index (χ2v) is 8.14. The predicted octanol–water partition coefficient (Wildman–Crippen LogP) is 1.94. The van der Waals surface area contributed by atoms with E-state index in [1.807, 2.05) is 0 Å². The van der Waals surface area contributed by atoms with E-state index in [-0.39, 0.29) is 11.4 Å². The Morgan fingerprint density at radius 2 is 1.57 bits per heavy atom. The molecular formula is C17H38O4Si2. The van der Waals surface area contributed by atoms with Gasteiger partial charge in [-0.15, -0.1) is 0 Å². The van der Waals surface area contributed by atoms with Crippen LogP contribution in [-0.4, -0.2) is 51.7 Å². The van der Waals surface area contributed by atoms with Crippen molar-refractivity contribution in [2.24, 2.45) is 0 Å². The normalized spacial score (nSPS) is 10.9. The Hall–Kier alpha value is -0.436. The topological polar surface area (TPSA) is 44.8 Å². The number of hydrogen-bond acceptors (Lipinski definition) is 4. The Morgan fingerprint density at radius 1 is 1.04 bits per heavy atom. The third kappa shape index (κ3) is 17.7. The molecule has 0 spiro atoms. The molecule has 0 N–H and O–H groups in total. The van der Waals surface area contributed by atoms with E-state index in [9.17, 15) is 4.79 Å². The number of ether oxygens (including phenoxy) is 3. The van der Waals surface area contributed by atoms with Crippen molar-refractivity contribution >= 4 is 26.5 Å². The molecule has 0 bridgehead atoms. The average molecular weight is 363 g/mol. The van der Waals surface area contributed by atoms with Gasteiger partial charge in [-0.05, 0) is 25.7 Å². The van der Waals surface area contributed by atoms with Crippen LogP contribution < -0.4 is 0 Å². The molecule has 0 unspecified atom stereocenters. The van der Waals surface area contributed by atoms with Gasteiger partial charge in [0.25, 0.3) is 0 Å². The summed E-state index contributed by atoms with van der Waals surface area (Å²) in [5.41, 5.74) is -0.218. The molecule has 0 aliphatic carbocycles. The first-order valence-electron chi connectivity index (χ1n) is 9.06. The molecule has 0 saturated heterocycles. The van der Waals surface area contributed by atoms with Crippen LogP contribution in [0.2, 0.25) is 6.04 Å². The van der Waals surface area contributed by atoms with Crippen molar-refractivity contribution in [2.45, 2.75) is 70.8 Å². The summed E-state index contributed by atoms with van der Waals surface area (Å²) < 4.78 is 16.3. The molecule has 0 rings (SSSR count). The van der Waals surface area contributed by atoms with Crippen molar-refractivity contribution in [3.05, 3.63) is 12.7 Å². The molecule has 6 heteroatoms. The summed E-state index contributed by atoms with van der Waals surface area (Å²) in [4.78, 5) is 10.4. The minimum atomic E-state index is -0.315. The minimum absolute atomic E-state index is 0.218. The molecule has 138 valence electrons. The van der Waals surface area contributed by atoms with E-state index in [1.54, 1.807) is 0 Å². The van der Waals surface area contributed by atoms with Crippen LogP contribution in [0.4, 0.5) is 0 Å². The lowest BCUT2D eigenvalue weighted by atomic mass is 10.3. The Morgan fingerprint density at radius 3 is 1.91 bits per heavy atom. The minimum Gasteiger partial charge on any atom is -0.463 e. The molecule has 0 aliphatic heterocycles. The van der Waals surface area contributed by atoms with Gasteiger partial charge in [0.15, 0.2) is 0 Å². The number of esters is 1. The van der Waals surface area contributed by atoms with E-state index in [2.05, 4.69) is 27.4 Å². The van der Waals surface area contributed by atoms with Crippen LogP contribution in [-0.2, 0) is 19.0 Å². The maximum Gasteiger partial charge on any atom is 0.330 e. The Labute approximate surface area is 149 Å². The molecule has 0 heterocycles. The Bertz CT molecular complexity index is 276. The van der Waals surface area contributed by atoms with Crippen LogP contribution in [0.5, 0.6) is 0 Å². The number of unbranched alkanes of at least 4 members (excludes halogenated alkanes) is 2. The highest BCUT2D eigenvalue weighted by atomic mass is 28.1. The fourth-order valence-corrected chi connectivity index (χ4v) is 2.18. The summed E-state index contributed by atoms with van der Waals surface area (Å²) in [5.74, 6) is -0.315. The van der Waals surface area contributed by atoms with Crippen LogP contribution in [0, 0.1) is 0 Å². The standard InChI is InChI=1S/C11H26O2Si.C6H12O2Si/c1-4-7-9-12-11(14,6-3)13-10-8-5-2;1-2-6(7)8-4-3-5-9/h4-10H2,1-3,14H3;2H,1,3-5H2,9H3. The van der Waals surface area contributed by atoms with Gasteiger partial charge in [-0.1, -0.05) is 46.2 Å². The monoisotopic (exact) mass is 362 g/mol. The summed E-state index contributed by atoms with van der Waals surface area (Å²) in [6, 6.07) is 1.18. The highest BCUT2D eigenvalue weighted by Crippen LogP contribution is 2.14. The van der Waals surface area contributed by atoms with Gasteiger partial charge in [0.1, 0.15) is 5.41 Å². The first-order chi connectivity index (χ1) is 11.0. The van der Waals surface area contributed by atoms with E-state index in [1.165, 1.54) is 35.2 Å². The zero-order valence-corrected chi connectivity index (χ0v) is 20.0. The van der Waals surface area contributed by atoms with E-state index in [0.717, 1.165) is 49.1 Å². The summed E-state index contributed by atoms with van der Waals surface area (Å²) in [7, 11) is 2.14. The third-order valence-electron chi connectivity index (χ3n) is 3.36. The van der Waals surface area contributed by atoms with Gasteiger partial charge >= 0.3 is 5.97 Å². The van der Waals surface area contributed by atoms with Crippen molar-refractivity contribution in [3.63, 3.8) is 0 Å². The molecule has 4 nitrogen and oxygen atoms in total. The van der Waals surface area contributed by atoms with E-state index in [0.29, 0.717) is 6.61 Å². The number of rotatable bonds is 13. The lowest BCUT2D eigenvalue weighted by Crippen LogP contribution is -2.36. The van der Waals surface area contributed by atoms with E-state index >= 15 is 0 Å². The summed E-state index contributed by atoms with van der Waals surface area (Å²) in [6.45, 7) is 12.0. The molecule has 0 amide bonds. The molecule has 0 aliphatic rings. The first kappa shape index (κ1) is 24.8. The highest BCUT2D eigenvalue weighted by Gasteiger charge is 2.22.